The van der Waals surface area contributed by atoms with Crippen LogP contribution in [0.2, 0.25) is 0 Å². The number of fused-ring (bicyclic) bond motifs is 1. The molecule has 0 saturated heterocycles. The third-order valence-corrected chi connectivity index (χ3v) is 4.05. The van der Waals surface area contributed by atoms with Crippen LogP contribution in [0.15, 0.2) is 30.3 Å². The lowest BCUT2D eigenvalue weighted by Crippen LogP contribution is -2.16. The van der Waals surface area contributed by atoms with Gasteiger partial charge in [0.15, 0.2) is 0 Å². The van der Waals surface area contributed by atoms with Crippen LogP contribution in [0.4, 0.5) is 0 Å². The van der Waals surface area contributed by atoms with Crippen LogP contribution in [-0.4, -0.2) is 9.97 Å². The molecule has 2 nitrogen and oxygen atoms in total. The van der Waals surface area contributed by atoms with E-state index < -0.39 is 0 Å². The number of aryl methyl sites for hydroxylation is 2. The molecule has 1 aliphatic rings. The highest BCUT2D eigenvalue weighted by Gasteiger charge is 2.22. The molecule has 1 aromatic carbocycles. The fourth-order valence-corrected chi connectivity index (χ4v) is 2.96. The molecule has 0 radical (unpaired) electrons. The minimum absolute atomic E-state index is 0.428. The minimum atomic E-state index is 0.428. The zero-order valence-corrected chi connectivity index (χ0v) is 11.8. The Bertz CT molecular complexity index is 595. The zero-order valence-electron chi connectivity index (χ0n) is 11.1. The number of benzene rings is 1. The molecule has 1 unspecified atom stereocenters. The molecular weight excluding hydrogens is 256 g/mol. The standard InChI is InChI=1S/C16H17ClN2/c1-11-8-15(10-17)19-16(18-11)14-7-6-12-4-2-3-5-13(12)9-14/h2-5,8,14H,6-7,9-10H2,1H3. The molecule has 1 atom stereocenters. The Hall–Kier alpha value is -1.41. The first-order chi connectivity index (χ1) is 9.26. The normalized spacial score (nSPS) is 18.1. The fraction of sp³-hybridized carbons (Fsp3) is 0.375. The number of nitrogens with zero attached hydrogens (tertiary/aromatic N) is 2. The van der Waals surface area contributed by atoms with Crippen molar-refractivity contribution in [3.05, 3.63) is 58.7 Å². The summed E-state index contributed by atoms with van der Waals surface area (Å²) in [6, 6.07) is 10.6. The van der Waals surface area contributed by atoms with Gasteiger partial charge in [-0.3, -0.25) is 0 Å². The summed E-state index contributed by atoms with van der Waals surface area (Å²) in [7, 11) is 0. The molecule has 1 heterocycles. The minimum Gasteiger partial charge on any atom is -0.238 e. The van der Waals surface area contributed by atoms with Crippen LogP contribution in [0.3, 0.4) is 0 Å². The maximum absolute atomic E-state index is 5.90. The second kappa shape index (κ2) is 5.30. The van der Waals surface area contributed by atoms with Gasteiger partial charge in [0.25, 0.3) is 0 Å². The van der Waals surface area contributed by atoms with Crippen molar-refractivity contribution in [3.8, 4) is 0 Å². The number of hydrogen-bond acceptors (Lipinski definition) is 2. The van der Waals surface area contributed by atoms with Gasteiger partial charge in [-0.15, -0.1) is 11.6 Å². The largest absolute Gasteiger partial charge is 0.238 e. The topological polar surface area (TPSA) is 25.8 Å². The summed E-state index contributed by atoms with van der Waals surface area (Å²) in [5.74, 6) is 1.85. The molecule has 1 aromatic heterocycles. The quantitative estimate of drug-likeness (QED) is 0.777. The van der Waals surface area contributed by atoms with Gasteiger partial charge in [0.1, 0.15) is 5.82 Å². The molecule has 0 spiro atoms. The monoisotopic (exact) mass is 272 g/mol. The number of alkyl halides is 1. The molecule has 2 aromatic rings. The summed E-state index contributed by atoms with van der Waals surface area (Å²) in [5.41, 5.74) is 4.86. The molecule has 0 N–H and O–H groups in total. The molecule has 3 heteroatoms. The van der Waals surface area contributed by atoms with E-state index in [4.69, 9.17) is 11.6 Å². The Labute approximate surface area is 118 Å². The van der Waals surface area contributed by atoms with Gasteiger partial charge < -0.3 is 0 Å². The summed E-state index contributed by atoms with van der Waals surface area (Å²) in [6.07, 6.45) is 3.29. The molecule has 1 aliphatic carbocycles. The van der Waals surface area contributed by atoms with Crippen molar-refractivity contribution >= 4 is 11.6 Å². The summed E-state index contributed by atoms with van der Waals surface area (Å²) >= 11 is 5.90. The van der Waals surface area contributed by atoms with Crippen LogP contribution < -0.4 is 0 Å². The SMILES string of the molecule is Cc1cc(CCl)nc(C2CCc3ccccc3C2)n1. The van der Waals surface area contributed by atoms with E-state index in [1.54, 1.807) is 0 Å². The first kappa shape index (κ1) is 12.6. The van der Waals surface area contributed by atoms with Gasteiger partial charge in [0, 0.05) is 11.6 Å². The Morgan fingerprint density at radius 2 is 2.00 bits per heavy atom. The highest BCUT2D eigenvalue weighted by atomic mass is 35.5. The molecule has 98 valence electrons. The fourth-order valence-electron chi connectivity index (χ4n) is 2.83. The summed E-state index contributed by atoms with van der Waals surface area (Å²) in [4.78, 5) is 9.21. The molecule has 0 saturated carbocycles. The lowest BCUT2D eigenvalue weighted by Gasteiger charge is -2.23. The van der Waals surface area contributed by atoms with E-state index >= 15 is 0 Å². The Balaban J connectivity index is 1.90. The Morgan fingerprint density at radius 3 is 2.79 bits per heavy atom. The van der Waals surface area contributed by atoms with Crippen molar-refractivity contribution in [2.24, 2.45) is 0 Å². The second-order valence-corrected chi connectivity index (χ2v) is 5.47. The third-order valence-electron chi connectivity index (χ3n) is 3.77. The van der Waals surface area contributed by atoms with E-state index in [0.717, 1.165) is 36.5 Å². The van der Waals surface area contributed by atoms with E-state index in [9.17, 15) is 0 Å². The van der Waals surface area contributed by atoms with Gasteiger partial charge >= 0.3 is 0 Å². The van der Waals surface area contributed by atoms with Crippen LogP contribution in [0.1, 0.15) is 40.7 Å². The Kier molecular flexibility index (Phi) is 3.52. The average molecular weight is 273 g/mol. The summed E-state index contributed by atoms with van der Waals surface area (Å²) in [5, 5.41) is 0. The lowest BCUT2D eigenvalue weighted by atomic mass is 9.83. The van der Waals surface area contributed by atoms with Crippen LogP contribution >= 0.6 is 11.6 Å². The maximum atomic E-state index is 5.90. The van der Waals surface area contributed by atoms with E-state index in [0.29, 0.717) is 11.8 Å². The zero-order chi connectivity index (χ0) is 13.2. The highest BCUT2D eigenvalue weighted by molar-refractivity contribution is 6.16. The van der Waals surface area contributed by atoms with Crippen molar-refractivity contribution < 1.29 is 0 Å². The van der Waals surface area contributed by atoms with Crippen LogP contribution in [0, 0.1) is 6.92 Å². The lowest BCUT2D eigenvalue weighted by molar-refractivity contribution is 0.551. The number of rotatable bonds is 2. The first-order valence-corrected chi connectivity index (χ1v) is 7.27. The summed E-state index contributed by atoms with van der Waals surface area (Å²) in [6.45, 7) is 2.01. The van der Waals surface area contributed by atoms with Crippen molar-refractivity contribution in [3.63, 3.8) is 0 Å². The first-order valence-electron chi connectivity index (χ1n) is 6.73. The van der Waals surface area contributed by atoms with Crippen LogP contribution in [0.5, 0.6) is 0 Å². The van der Waals surface area contributed by atoms with Gasteiger partial charge in [-0.1, -0.05) is 24.3 Å². The van der Waals surface area contributed by atoms with Crippen molar-refractivity contribution in [2.75, 3.05) is 0 Å². The van der Waals surface area contributed by atoms with E-state index in [1.165, 1.54) is 11.1 Å². The van der Waals surface area contributed by atoms with Gasteiger partial charge in [-0.25, -0.2) is 9.97 Å². The molecule has 3 rings (SSSR count). The highest BCUT2D eigenvalue weighted by Crippen LogP contribution is 2.31. The molecule has 0 fully saturated rings. The van der Waals surface area contributed by atoms with Gasteiger partial charge in [0.05, 0.1) is 11.6 Å². The van der Waals surface area contributed by atoms with Gasteiger partial charge in [-0.05, 0) is 43.4 Å². The predicted octanol–water partition coefficient (Wildman–Crippen LogP) is 3.80. The van der Waals surface area contributed by atoms with E-state index in [-0.39, 0.29) is 0 Å². The smallest absolute Gasteiger partial charge is 0.132 e. The van der Waals surface area contributed by atoms with Crippen LogP contribution in [-0.2, 0) is 18.7 Å². The molecular formula is C16H17ClN2. The molecule has 0 amide bonds. The number of hydrogen-bond donors (Lipinski definition) is 0. The van der Waals surface area contributed by atoms with E-state index in [1.807, 2.05) is 13.0 Å². The Morgan fingerprint density at radius 1 is 1.21 bits per heavy atom. The van der Waals surface area contributed by atoms with Crippen molar-refractivity contribution in [1.29, 1.82) is 0 Å². The number of aromatic nitrogens is 2. The average Bonchev–Trinajstić information content (AvgIpc) is 2.46. The van der Waals surface area contributed by atoms with E-state index in [2.05, 4.69) is 34.2 Å². The summed E-state index contributed by atoms with van der Waals surface area (Å²) < 4.78 is 0. The second-order valence-electron chi connectivity index (χ2n) is 5.20. The third kappa shape index (κ3) is 2.64. The maximum Gasteiger partial charge on any atom is 0.132 e. The van der Waals surface area contributed by atoms with Crippen LogP contribution in [0.25, 0.3) is 0 Å². The van der Waals surface area contributed by atoms with Gasteiger partial charge in [-0.2, -0.15) is 0 Å². The molecule has 19 heavy (non-hydrogen) atoms. The molecule has 0 aliphatic heterocycles. The number of halogens is 1. The molecule has 0 bridgehead atoms. The van der Waals surface area contributed by atoms with Crippen molar-refractivity contribution in [1.82, 2.24) is 9.97 Å². The van der Waals surface area contributed by atoms with Crippen molar-refractivity contribution in [2.45, 2.75) is 38.0 Å². The van der Waals surface area contributed by atoms with Gasteiger partial charge in [0.2, 0.25) is 0 Å². The predicted molar refractivity (Wildman–Crippen MR) is 77.5 cm³/mol.